The molecular formula is C20H20FN3O4. The molecule has 8 heteroatoms. The Morgan fingerprint density at radius 2 is 2.07 bits per heavy atom. The minimum Gasteiger partial charge on any atom is -0.442 e. The highest BCUT2D eigenvalue weighted by Gasteiger charge is 2.33. The first-order valence-electron chi connectivity index (χ1n) is 8.89. The minimum absolute atomic E-state index is 0.137. The van der Waals surface area contributed by atoms with Crippen LogP contribution >= 0.6 is 0 Å². The van der Waals surface area contributed by atoms with Crippen LogP contribution < -0.4 is 10.2 Å². The first-order valence-corrected chi connectivity index (χ1v) is 8.89. The van der Waals surface area contributed by atoms with Gasteiger partial charge in [0.2, 0.25) is 5.91 Å². The van der Waals surface area contributed by atoms with E-state index in [1.807, 2.05) is 30.3 Å². The highest BCUT2D eigenvalue weighted by atomic mass is 19.1. The summed E-state index contributed by atoms with van der Waals surface area (Å²) < 4.78 is 19.6. The summed E-state index contributed by atoms with van der Waals surface area (Å²) in [6, 6.07) is 10.5. The van der Waals surface area contributed by atoms with Crippen molar-refractivity contribution >= 4 is 23.5 Å². The number of aryl methyl sites for hydroxylation is 1. The Morgan fingerprint density at radius 1 is 1.32 bits per heavy atom. The molecule has 0 spiro atoms. The van der Waals surface area contributed by atoms with E-state index >= 15 is 0 Å². The Hall–Kier alpha value is -3.29. The number of hydrogen-bond acceptors (Lipinski definition) is 5. The molecule has 1 aliphatic heterocycles. The number of nitrogens with zero attached hydrogens (tertiary/aromatic N) is 2. The van der Waals surface area contributed by atoms with Gasteiger partial charge < -0.3 is 10.1 Å². The topological polar surface area (TPSA) is 88.6 Å². The minimum atomic E-state index is -0.784. The summed E-state index contributed by atoms with van der Waals surface area (Å²) >= 11 is 0. The number of rotatable bonds is 7. The van der Waals surface area contributed by atoms with Gasteiger partial charge in [-0.1, -0.05) is 30.3 Å². The van der Waals surface area contributed by atoms with Crippen LogP contribution in [0, 0.1) is 5.82 Å². The summed E-state index contributed by atoms with van der Waals surface area (Å²) in [7, 11) is 0. The number of halogens is 1. The van der Waals surface area contributed by atoms with Crippen molar-refractivity contribution < 1.29 is 23.5 Å². The first-order chi connectivity index (χ1) is 13.4. The van der Waals surface area contributed by atoms with E-state index in [0.717, 1.165) is 11.6 Å². The lowest BCUT2D eigenvalue weighted by atomic mass is 10.1. The Morgan fingerprint density at radius 3 is 2.75 bits per heavy atom. The summed E-state index contributed by atoms with van der Waals surface area (Å²) in [6.07, 6.45) is 0.719. The third-order valence-corrected chi connectivity index (χ3v) is 4.34. The molecule has 1 aromatic heterocycles. The molecule has 0 unspecified atom stereocenters. The molecule has 1 fully saturated rings. The number of ketones is 1. The van der Waals surface area contributed by atoms with Gasteiger partial charge in [0.1, 0.15) is 11.8 Å². The fourth-order valence-corrected chi connectivity index (χ4v) is 2.90. The maximum atomic E-state index is 14.4. The molecule has 0 saturated carbocycles. The maximum absolute atomic E-state index is 14.4. The second-order valence-electron chi connectivity index (χ2n) is 6.49. The van der Waals surface area contributed by atoms with Gasteiger partial charge in [-0.3, -0.25) is 14.5 Å². The molecular weight excluding hydrogens is 365 g/mol. The molecule has 7 nitrogen and oxygen atoms in total. The third-order valence-electron chi connectivity index (χ3n) is 4.34. The molecule has 3 rings (SSSR count). The first kappa shape index (κ1) is 19.5. The summed E-state index contributed by atoms with van der Waals surface area (Å²) in [6.45, 7) is 1.69. The standard InChI is InChI=1S/C20H20FN3O4/c1-13(25)22-11-16-12-24(20(27)28-16)15-9-17(21)19(23-10-15)18(26)8-7-14-5-3-2-4-6-14/h2-6,9-10,16H,7-8,11-12H2,1H3,(H,22,25)/t16-/m0/s1. The van der Waals surface area contributed by atoms with Crippen molar-refractivity contribution in [3.63, 3.8) is 0 Å². The summed E-state index contributed by atoms with van der Waals surface area (Å²) in [4.78, 5) is 40.4. The van der Waals surface area contributed by atoms with Crippen LogP contribution in [0.15, 0.2) is 42.6 Å². The summed E-state index contributed by atoms with van der Waals surface area (Å²) in [5, 5.41) is 2.57. The Labute approximate surface area is 161 Å². The van der Waals surface area contributed by atoms with Crippen molar-refractivity contribution in [1.29, 1.82) is 0 Å². The number of Topliss-reactive ketones (excluding diaryl/α,β-unsaturated/α-hetero) is 1. The Bertz CT molecular complexity index is 888. The zero-order valence-electron chi connectivity index (χ0n) is 15.4. The molecule has 0 radical (unpaired) electrons. The van der Waals surface area contributed by atoms with Gasteiger partial charge in [-0.2, -0.15) is 0 Å². The van der Waals surface area contributed by atoms with Crippen molar-refractivity contribution in [2.24, 2.45) is 0 Å². The van der Waals surface area contributed by atoms with Crippen LogP contribution in [-0.2, 0) is 16.0 Å². The van der Waals surface area contributed by atoms with Crippen molar-refractivity contribution in [2.75, 3.05) is 18.0 Å². The number of amides is 2. The number of carbonyl (C=O) groups is 3. The van der Waals surface area contributed by atoms with E-state index in [-0.39, 0.29) is 36.8 Å². The fraction of sp³-hybridized carbons (Fsp3) is 0.300. The Kier molecular flexibility index (Phi) is 5.98. The molecule has 146 valence electrons. The van der Waals surface area contributed by atoms with Gasteiger partial charge in [-0.25, -0.2) is 14.2 Å². The van der Waals surface area contributed by atoms with Crippen molar-refractivity contribution in [1.82, 2.24) is 10.3 Å². The van der Waals surface area contributed by atoms with Crippen LogP contribution in [-0.4, -0.2) is 42.0 Å². The number of anilines is 1. The predicted molar refractivity (Wildman–Crippen MR) is 99.6 cm³/mol. The number of aromatic nitrogens is 1. The highest BCUT2D eigenvalue weighted by molar-refractivity contribution is 5.95. The van der Waals surface area contributed by atoms with E-state index in [1.165, 1.54) is 18.0 Å². The molecule has 1 aliphatic rings. The molecule has 0 aliphatic carbocycles. The van der Waals surface area contributed by atoms with Gasteiger partial charge in [0, 0.05) is 19.4 Å². The van der Waals surface area contributed by atoms with Crippen LogP contribution in [0.1, 0.15) is 29.4 Å². The fourth-order valence-electron chi connectivity index (χ4n) is 2.90. The number of nitrogens with one attached hydrogen (secondary N) is 1. The van der Waals surface area contributed by atoms with Gasteiger partial charge in [0.15, 0.2) is 11.6 Å². The number of benzene rings is 1. The zero-order valence-corrected chi connectivity index (χ0v) is 15.4. The second-order valence-corrected chi connectivity index (χ2v) is 6.49. The average Bonchev–Trinajstić information content (AvgIpc) is 3.06. The molecule has 2 heterocycles. The molecule has 1 atom stereocenters. The van der Waals surface area contributed by atoms with Crippen LogP contribution in [0.2, 0.25) is 0 Å². The lowest BCUT2D eigenvalue weighted by Gasteiger charge is -2.13. The number of hydrogen-bond donors (Lipinski definition) is 1. The van der Waals surface area contributed by atoms with Crippen molar-refractivity contribution in [2.45, 2.75) is 25.9 Å². The molecule has 28 heavy (non-hydrogen) atoms. The van der Waals surface area contributed by atoms with Crippen molar-refractivity contribution in [3.05, 3.63) is 59.7 Å². The number of carbonyl (C=O) groups excluding carboxylic acids is 3. The van der Waals surface area contributed by atoms with Gasteiger partial charge in [-0.15, -0.1) is 0 Å². The van der Waals surface area contributed by atoms with E-state index in [0.29, 0.717) is 6.42 Å². The zero-order chi connectivity index (χ0) is 20.1. The molecule has 0 bridgehead atoms. The van der Waals surface area contributed by atoms with Gasteiger partial charge in [0.05, 0.1) is 25.0 Å². The van der Waals surface area contributed by atoms with E-state index in [1.54, 1.807) is 0 Å². The molecule has 1 aromatic carbocycles. The summed E-state index contributed by atoms with van der Waals surface area (Å²) in [5.41, 5.74) is 0.937. The number of ether oxygens (including phenoxy) is 1. The third kappa shape index (κ3) is 4.70. The highest BCUT2D eigenvalue weighted by Crippen LogP contribution is 2.23. The van der Waals surface area contributed by atoms with E-state index in [4.69, 9.17) is 4.74 Å². The molecule has 2 amide bonds. The number of cyclic esters (lactones) is 1. The van der Waals surface area contributed by atoms with Gasteiger partial charge in [-0.05, 0) is 12.0 Å². The normalized spacial score (nSPS) is 16.0. The van der Waals surface area contributed by atoms with Crippen molar-refractivity contribution in [3.8, 4) is 0 Å². The van der Waals surface area contributed by atoms with Crippen LogP contribution in [0.3, 0.4) is 0 Å². The summed E-state index contributed by atoms with van der Waals surface area (Å²) in [5.74, 6) is -1.42. The SMILES string of the molecule is CC(=O)NC[C@H]1CN(c2cnc(C(=O)CCc3ccccc3)c(F)c2)C(=O)O1. The van der Waals surface area contributed by atoms with Crippen LogP contribution in [0.5, 0.6) is 0 Å². The van der Waals surface area contributed by atoms with Crippen LogP contribution in [0.25, 0.3) is 0 Å². The molecule has 1 saturated heterocycles. The van der Waals surface area contributed by atoms with E-state index in [9.17, 15) is 18.8 Å². The molecule has 2 aromatic rings. The van der Waals surface area contributed by atoms with Crippen LogP contribution in [0.4, 0.5) is 14.9 Å². The lowest BCUT2D eigenvalue weighted by molar-refractivity contribution is -0.119. The largest absolute Gasteiger partial charge is 0.442 e. The lowest BCUT2D eigenvalue weighted by Crippen LogP contribution is -2.33. The monoisotopic (exact) mass is 385 g/mol. The van der Waals surface area contributed by atoms with Gasteiger partial charge >= 0.3 is 6.09 Å². The molecule has 1 N–H and O–H groups in total. The van der Waals surface area contributed by atoms with E-state index < -0.39 is 23.8 Å². The number of pyridine rings is 1. The Balaban J connectivity index is 1.64. The smallest absolute Gasteiger partial charge is 0.414 e. The second kappa shape index (κ2) is 8.60. The van der Waals surface area contributed by atoms with Gasteiger partial charge in [0.25, 0.3) is 0 Å². The maximum Gasteiger partial charge on any atom is 0.414 e. The van der Waals surface area contributed by atoms with E-state index in [2.05, 4.69) is 10.3 Å². The quantitative estimate of drug-likeness (QED) is 0.740. The predicted octanol–water partition coefficient (Wildman–Crippen LogP) is 2.50. The average molecular weight is 385 g/mol.